The first-order valence-corrected chi connectivity index (χ1v) is 6.14. The molecule has 4 nitrogen and oxygen atoms in total. The SMILES string of the molecule is Cc1ccc(C(=O)Nc2ccc(N)cc2Br)cn1. The van der Waals surface area contributed by atoms with Crippen molar-refractivity contribution in [3.8, 4) is 0 Å². The van der Waals surface area contributed by atoms with Crippen molar-refractivity contribution in [2.24, 2.45) is 0 Å². The highest BCUT2D eigenvalue weighted by atomic mass is 79.9. The number of carbonyl (C=O) groups excluding carboxylic acids is 1. The second kappa shape index (κ2) is 5.18. The lowest BCUT2D eigenvalue weighted by Gasteiger charge is -2.08. The zero-order valence-corrected chi connectivity index (χ0v) is 11.4. The lowest BCUT2D eigenvalue weighted by atomic mass is 10.2. The third-order valence-electron chi connectivity index (χ3n) is 2.41. The van der Waals surface area contributed by atoms with Crippen LogP contribution in [0, 0.1) is 6.92 Å². The Labute approximate surface area is 113 Å². The van der Waals surface area contributed by atoms with Gasteiger partial charge in [0.2, 0.25) is 0 Å². The number of nitrogens with two attached hydrogens (primary N) is 1. The Morgan fingerprint density at radius 1 is 1.33 bits per heavy atom. The maximum absolute atomic E-state index is 12.0. The summed E-state index contributed by atoms with van der Waals surface area (Å²) in [5.41, 5.74) is 8.34. The zero-order valence-electron chi connectivity index (χ0n) is 9.77. The lowest BCUT2D eigenvalue weighted by Crippen LogP contribution is -2.12. The molecule has 0 saturated carbocycles. The molecule has 0 spiro atoms. The van der Waals surface area contributed by atoms with Crippen LogP contribution in [0.1, 0.15) is 16.1 Å². The second-order valence-electron chi connectivity index (χ2n) is 3.88. The summed E-state index contributed by atoms with van der Waals surface area (Å²) < 4.78 is 0.746. The number of aromatic nitrogens is 1. The molecule has 5 heteroatoms. The van der Waals surface area contributed by atoms with Crippen molar-refractivity contribution in [2.45, 2.75) is 6.92 Å². The summed E-state index contributed by atoms with van der Waals surface area (Å²) >= 11 is 3.35. The van der Waals surface area contributed by atoms with Crippen molar-refractivity contribution >= 4 is 33.2 Å². The number of nitrogens with zero attached hydrogens (tertiary/aromatic N) is 1. The molecule has 1 amide bonds. The maximum Gasteiger partial charge on any atom is 0.257 e. The fraction of sp³-hybridized carbons (Fsp3) is 0.0769. The smallest absolute Gasteiger partial charge is 0.257 e. The van der Waals surface area contributed by atoms with Gasteiger partial charge in [-0.3, -0.25) is 9.78 Å². The van der Waals surface area contributed by atoms with Gasteiger partial charge in [-0.1, -0.05) is 0 Å². The Hall–Kier alpha value is -1.88. The van der Waals surface area contributed by atoms with Gasteiger partial charge in [0.25, 0.3) is 5.91 Å². The number of carbonyl (C=O) groups is 1. The molecule has 92 valence electrons. The molecule has 1 aromatic carbocycles. The zero-order chi connectivity index (χ0) is 13.1. The van der Waals surface area contributed by atoms with Crippen LogP contribution in [0.3, 0.4) is 0 Å². The van der Waals surface area contributed by atoms with E-state index in [1.165, 1.54) is 0 Å². The summed E-state index contributed by atoms with van der Waals surface area (Å²) in [4.78, 5) is 16.0. The van der Waals surface area contributed by atoms with E-state index in [-0.39, 0.29) is 5.91 Å². The van der Waals surface area contributed by atoms with Gasteiger partial charge in [-0.15, -0.1) is 0 Å². The minimum absolute atomic E-state index is 0.201. The van der Waals surface area contributed by atoms with Crippen LogP contribution >= 0.6 is 15.9 Å². The molecule has 2 rings (SSSR count). The van der Waals surface area contributed by atoms with E-state index in [9.17, 15) is 4.79 Å². The van der Waals surface area contributed by atoms with E-state index in [2.05, 4.69) is 26.2 Å². The Balaban J connectivity index is 2.18. The third-order valence-corrected chi connectivity index (χ3v) is 3.07. The number of amides is 1. The maximum atomic E-state index is 12.0. The molecule has 1 aromatic heterocycles. The van der Waals surface area contributed by atoms with Crippen LogP contribution in [0.4, 0.5) is 11.4 Å². The third kappa shape index (κ3) is 2.87. The van der Waals surface area contributed by atoms with Crippen molar-refractivity contribution in [3.05, 3.63) is 52.3 Å². The van der Waals surface area contributed by atoms with Crippen molar-refractivity contribution in [1.82, 2.24) is 4.98 Å². The summed E-state index contributed by atoms with van der Waals surface area (Å²) in [5.74, 6) is -0.201. The molecule has 0 fully saturated rings. The van der Waals surface area contributed by atoms with Gasteiger partial charge in [-0.25, -0.2) is 0 Å². The number of hydrogen-bond acceptors (Lipinski definition) is 3. The van der Waals surface area contributed by atoms with Crippen LogP contribution in [0.5, 0.6) is 0 Å². The Morgan fingerprint density at radius 3 is 2.72 bits per heavy atom. The molecule has 3 N–H and O–H groups in total. The number of pyridine rings is 1. The van der Waals surface area contributed by atoms with Gasteiger partial charge in [0.1, 0.15) is 0 Å². The van der Waals surface area contributed by atoms with Crippen molar-refractivity contribution in [1.29, 1.82) is 0 Å². The lowest BCUT2D eigenvalue weighted by molar-refractivity contribution is 0.102. The van der Waals surface area contributed by atoms with Gasteiger partial charge in [0, 0.05) is 22.1 Å². The fourth-order valence-corrected chi connectivity index (χ4v) is 1.92. The van der Waals surface area contributed by atoms with E-state index in [1.54, 1.807) is 36.5 Å². The molecular formula is C13H12BrN3O. The van der Waals surface area contributed by atoms with Gasteiger partial charge in [-0.05, 0) is 53.2 Å². The van der Waals surface area contributed by atoms with E-state index in [1.807, 2.05) is 6.92 Å². The van der Waals surface area contributed by atoms with Crippen molar-refractivity contribution < 1.29 is 4.79 Å². The fourth-order valence-electron chi connectivity index (χ4n) is 1.43. The number of anilines is 2. The van der Waals surface area contributed by atoms with Gasteiger partial charge in [-0.2, -0.15) is 0 Å². The predicted octanol–water partition coefficient (Wildman–Crippen LogP) is 2.99. The molecule has 0 unspecified atom stereocenters. The average Bonchev–Trinajstić information content (AvgIpc) is 2.33. The van der Waals surface area contributed by atoms with E-state index in [0.717, 1.165) is 10.2 Å². The van der Waals surface area contributed by atoms with Crippen LogP contribution in [0.15, 0.2) is 41.0 Å². The highest BCUT2D eigenvalue weighted by Crippen LogP contribution is 2.25. The summed E-state index contributed by atoms with van der Waals surface area (Å²) in [6, 6.07) is 8.76. The molecule has 0 radical (unpaired) electrons. The highest BCUT2D eigenvalue weighted by molar-refractivity contribution is 9.10. The summed E-state index contributed by atoms with van der Waals surface area (Å²) in [6.07, 6.45) is 1.55. The molecular weight excluding hydrogens is 294 g/mol. The molecule has 0 atom stereocenters. The van der Waals surface area contributed by atoms with Crippen LogP contribution in [0.25, 0.3) is 0 Å². The van der Waals surface area contributed by atoms with Gasteiger partial charge in [0.05, 0.1) is 11.3 Å². The molecule has 2 aromatic rings. The standard InChI is InChI=1S/C13H12BrN3O/c1-8-2-3-9(7-16-8)13(18)17-12-5-4-10(15)6-11(12)14/h2-7H,15H2,1H3,(H,17,18). The van der Waals surface area contributed by atoms with Crippen molar-refractivity contribution in [3.63, 3.8) is 0 Å². The number of nitrogen functional groups attached to an aromatic ring is 1. The van der Waals surface area contributed by atoms with E-state index in [0.29, 0.717) is 16.9 Å². The molecule has 0 saturated heterocycles. The molecule has 18 heavy (non-hydrogen) atoms. The average molecular weight is 306 g/mol. The van der Waals surface area contributed by atoms with Crippen LogP contribution in [0.2, 0.25) is 0 Å². The molecule has 0 bridgehead atoms. The number of hydrogen-bond donors (Lipinski definition) is 2. The van der Waals surface area contributed by atoms with Crippen LogP contribution in [-0.2, 0) is 0 Å². The second-order valence-corrected chi connectivity index (χ2v) is 4.74. The first kappa shape index (κ1) is 12.6. The largest absolute Gasteiger partial charge is 0.399 e. The Morgan fingerprint density at radius 2 is 2.11 bits per heavy atom. The minimum atomic E-state index is -0.201. The molecule has 0 aliphatic carbocycles. The number of halogens is 1. The summed E-state index contributed by atoms with van der Waals surface area (Å²) in [5, 5.41) is 2.79. The quantitative estimate of drug-likeness (QED) is 0.838. The van der Waals surface area contributed by atoms with Crippen molar-refractivity contribution in [2.75, 3.05) is 11.1 Å². The topological polar surface area (TPSA) is 68.0 Å². The van der Waals surface area contributed by atoms with Crippen LogP contribution in [-0.4, -0.2) is 10.9 Å². The first-order valence-electron chi connectivity index (χ1n) is 5.35. The van der Waals surface area contributed by atoms with E-state index >= 15 is 0 Å². The van der Waals surface area contributed by atoms with Gasteiger partial charge in [0.15, 0.2) is 0 Å². The number of benzene rings is 1. The van der Waals surface area contributed by atoms with Gasteiger partial charge >= 0.3 is 0 Å². The molecule has 0 aliphatic rings. The van der Waals surface area contributed by atoms with E-state index < -0.39 is 0 Å². The first-order chi connectivity index (χ1) is 8.56. The number of nitrogens with one attached hydrogen (secondary N) is 1. The molecule has 0 aliphatic heterocycles. The van der Waals surface area contributed by atoms with Crippen LogP contribution < -0.4 is 11.1 Å². The number of rotatable bonds is 2. The normalized spacial score (nSPS) is 10.1. The summed E-state index contributed by atoms with van der Waals surface area (Å²) in [7, 11) is 0. The highest BCUT2D eigenvalue weighted by Gasteiger charge is 2.08. The molecule has 1 heterocycles. The Bertz CT molecular complexity index is 581. The van der Waals surface area contributed by atoms with E-state index in [4.69, 9.17) is 5.73 Å². The monoisotopic (exact) mass is 305 g/mol. The predicted molar refractivity (Wildman–Crippen MR) is 75.5 cm³/mol. The minimum Gasteiger partial charge on any atom is -0.399 e. The number of aryl methyl sites for hydroxylation is 1. The Kier molecular flexibility index (Phi) is 3.62. The summed E-state index contributed by atoms with van der Waals surface area (Å²) in [6.45, 7) is 1.87. The van der Waals surface area contributed by atoms with Gasteiger partial charge < -0.3 is 11.1 Å².